The molecule has 0 spiro atoms. The minimum Gasteiger partial charge on any atom is -0.295 e. The molecule has 2 aromatic carbocycles. The van der Waals surface area contributed by atoms with Gasteiger partial charge in [0.1, 0.15) is 0 Å². The van der Waals surface area contributed by atoms with Crippen molar-refractivity contribution < 1.29 is 0 Å². The standard InChI is InChI=1S/C18H19Cl2N3/c19-17-6-3-4-15(12-17)13-21-23-10-8-22(9-11-23)14-16-5-1-2-7-18(16)20/h1-7,12-13H,8-11,14H2/b21-13+. The number of benzene rings is 2. The van der Waals surface area contributed by atoms with Crippen LogP contribution >= 0.6 is 23.2 Å². The summed E-state index contributed by atoms with van der Waals surface area (Å²) in [5.41, 5.74) is 2.21. The number of hydrazone groups is 1. The van der Waals surface area contributed by atoms with Gasteiger partial charge in [-0.15, -0.1) is 0 Å². The lowest BCUT2D eigenvalue weighted by molar-refractivity contribution is 0.131. The first-order valence-electron chi connectivity index (χ1n) is 7.71. The van der Waals surface area contributed by atoms with E-state index in [4.69, 9.17) is 23.2 Å². The van der Waals surface area contributed by atoms with Gasteiger partial charge in [0, 0.05) is 42.8 Å². The average molecular weight is 348 g/mol. The molecular formula is C18H19Cl2N3. The van der Waals surface area contributed by atoms with Crippen molar-refractivity contribution in [2.24, 2.45) is 5.10 Å². The van der Waals surface area contributed by atoms with Crippen LogP contribution in [0.1, 0.15) is 11.1 Å². The number of rotatable bonds is 4. The first kappa shape index (κ1) is 16.3. The maximum atomic E-state index is 6.23. The summed E-state index contributed by atoms with van der Waals surface area (Å²) in [5.74, 6) is 0. The fraction of sp³-hybridized carbons (Fsp3) is 0.278. The minimum atomic E-state index is 0.735. The molecule has 0 aromatic heterocycles. The van der Waals surface area contributed by atoms with E-state index in [9.17, 15) is 0 Å². The monoisotopic (exact) mass is 347 g/mol. The second-order valence-electron chi connectivity index (χ2n) is 5.62. The highest BCUT2D eigenvalue weighted by Crippen LogP contribution is 2.18. The molecule has 0 bridgehead atoms. The Balaban J connectivity index is 1.51. The summed E-state index contributed by atoms with van der Waals surface area (Å²) in [6, 6.07) is 15.8. The Morgan fingerprint density at radius 2 is 1.74 bits per heavy atom. The predicted molar refractivity (Wildman–Crippen MR) is 97.3 cm³/mol. The largest absolute Gasteiger partial charge is 0.295 e. The Hall–Kier alpha value is -1.55. The summed E-state index contributed by atoms with van der Waals surface area (Å²) in [4.78, 5) is 2.41. The summed E-state index contributed by atoms with van der Waals surface area (Å²) < 4.78 is 0. The topological polar surface area (TPSA) is 18.8 Å². The lowest BCUT2D eigenvalue weighted by Crippen LogP contribution is -2.43. The van der Waals surface area contributed by atoms with Crippen molar-refractivity contribution in [3.63, 3.8) is 0 Å². The molecule has 3 nitrogen and oxygen atoms in total. The third kappa shape index (κ3) is 4.71. The van der Waals surface area contributed by atoms with Crippen LogP contribution in [0.3, 0.4) is 0 Å². The van der Waals surface area contributed by atoms with Crippen LogP contribution in [0.15, 0.2) is 53.6 Å². The van der Waals surface area contributed by atoms with Gasteiger partial charge in [-0.2, -0.15) is 5.10 Å². The summed E-state index contributed by atoms with van der Waals surface area (Å²) in [5, 5.41) is 8.23. The maximum Gasteiger partial charge on any atom is 0.0543 e. The van der Waals surface area contributed by atoms with E-state index in [-0.39, 0.29) is 0 Å². The molecule has 23 heavy (non-hydrogen) atoms. The van der Waals surface area contributed by atoms with Gasteiger partial charge < -0.3 is 0 Å². The fourth-order valence-corrected chi connectivity index (χ4v) is 3.01. The number of hydrogen-bond donors (Lipinski definition) is 0. The van der Waals surface area contributed by atoms with Gasteiger partial charge in [-0.25, -0.2) is 0 Å². The Morgan fingerprint density at radius 1 is 0.957 bits per heavy atom. The van der Waals surface area contributed by atoms with E-state index in [0.717, 1.165) is 48.3 Å². The van der Waals surface area contributed by atoms with Gasteiger partial charge in [0.25, 0.3) is 0 Å². The Labute approximate surface area is 147 Å². The van der Waals surface area contributed by atoms with Crippen molar-refractivity contribution in [3.05, 3.63) is 69.7 Å². The normalized spacial score (nSPS) is 16.2. The predicted octanol–water partition coefficient (Wildman–Crippen LogP) is 4.15. The van der Waals surface area contributed by atoms with Crippen molar-refractivity contribution in [2.75, 3.05) is 26.2 Å². The van der Waals surface area contributed by atoms with Crippen LogP contribution in [0, 0.1) is 0 Å². The van der Waals surface area contributed by atoms with Crippen molar-refractivity contribution in [1.29, 1.82) is 0 Å². The SMILES string of the molecule is Clc1cccc(/C=N/N2CCN(Cc3ccccc3Cl)CC2)c1. The summed E-state index contributed by atoms with van der Waals surface area (Å²) in [7, 11) is 0. The third-order valence-electron chi connectivity index (χ3n) is 3.92. The Bertz CT molecular complexity index is 679. The van der Waals surface area contributed by atoms with E-state index in [1.807, 2.05) is 48.7 Å². The average Bonchev–Trinajstić information content (AvgIpc) is 2.56. The van der Waals surface area contributed by atoms with E-state index in [1.54, 1.807) is 0 Å². The molecule has 1 saturated heterocycles. The van der Waals surface area contributed by atoms with Crippen molar-refractivity contribution in [1.82, 2.24) is 9.91 Å². The highest BCUT2D eigenvalue weighted by Gasteiger charge is 2.16. The van der Waals surface area contributed by atoms with Crippen LogP contribution in [-0.4, -0.2) is 42.3 Å². The number of hydrogen-bond acceptors (Lipinski definition) is 3. The van der Waals surface area contributed by atoms with Gasteiger partial charge in [0.15, 0.2) is 0 Å². The molecule has 0 aliphatic carbocycles. The number of nitrogens with zero attached hydrogens (tertiary/aromatic N) is 3. The molecule has 0 amide bonds. The molecule has 1 aliphatic rings. The maximum absolute atomic E-state index is 6.23. The molecule has 0 N–H and O–H groups in total. The molecule has 0 saturated carbocycles. The van der Waals surface area contributed by atoms with Gasteiger partial charge >= 0.3 is 0 Å². The number of halogens is 2. The van der Waals surface area contributed by atoms with Gasteiger partial charge in [-0.3, -0.25) is 9.91 Å². The summed E-state index contributed by atoms with van der Waals surface area (Å²) >= 11 is 12.2. The third-order valence-corrected chi connectivity index (χ3v) is 4.52. The summed E-state index contributed by atoms with van der Waals surface area (Å²) in [6.07, 6.45) is 1.87. The van der Waals surface area contributed by atoms with Crippen LogP contribution in [0.25, 0.3) is 0 Å². The second kappa shape index (κ2) is 7.82. The first-order chi connectivity index (χ1) is 11.2. The molecule has 5 heteroatoms. The second-order valence-corrected chi connectivity index (χ2v) is 6.46. The Kier molecular flexibility index (Phi) is 5.55. The lowest BCUT2D eigenvalue weighted by Gasteiger charge is -2.33. The highest BCUT2D eigenvalue weighted by atomic mass is 35.5. The molecule has 0 radical (unpaired) electrons. The molecule has 120 valence electrons. The Morgan fingerprint density at radius 3 is 2.48 bits per heavy atom. The summed E-state index contributed by atoms with van der Waals surface area (Å²) in [6.45, 7) is 4.70. The van der Waals surface area contributed by atoms with Crippen LogP contribution in [-0.2, 0) is 6.54 Å². The minimum absolute atomic E-state index is 0.735. The highest BCUT2D eigenvalue weighted by molar-refractivity contribution is 6.31. The first-order valence-corrected chi connectivity index (χ1v) is 8.46. The van der Waals surface area contributed by atoms with E-state index >= 15 is 0 Å². The fourth-order valence-electron chi connectivity index (χ4n) is 2.61. The van der Waals surface area contributed by atoms with Crippen molar-refractivity contribution >= 4 is 29.4 Å². The van der Waals surface area contributed by atoms with E-state index < -0.39 is 0 Å². The van der Waals surface area contributed by atoms with Crippen LogP contribution in [0.2, 0.25) is 10.0 Å². The van der Waals surface area contributed by atoms with Crippen molar-refractivity contribution in [3.8, 4) is 0 Å². The molecule has 1 aliphatic heterocycles. The van der Waals surface area contributed by atoms with E-state index in [2.05, 4.69) is 21.1 Å². The van der Waals surface area contributed by atoms with Crippen molar-refractivity contribution in [2.45, 2.75) is 6.54 Å². The van der Waals surface area contributed by atoms with E-state index in [1.165, 1.54) is 5.56 Å². The zero-order valence-corrected chi connectivity index (χ0v) is 14.3. The van der Waals surface area contributed by atoms with Gasteiger partial charge in [0.05, 0.1) is 6.21 Å². The van der Waals surface area contributed by atoms with Crippen LogP contribution in [0.4, 0.5) is 0 Å². The molecule has 1 fully saturated rings. The van der Waals surface area contributed by atoms with Crippen LogP contribution < -0.4 is 0 Å². The number of piperazine rings is 1. The molecule has 0 unspecified atom stereocenters. The smallest absolute Gasteiger partial charge is 0.0543 e. The molecular weight excluding hydrogens is 329 g/mol. The van der Waals surface area contributed by atoms with Crippen LogP contribution in [0.5, 0.6) is 0 Å². The lowest BCUT2D eigenvalue weighted by atomic mass is 10.2. The van der Waals surface area contributed by atoms with Gasteiger partial charge in [-0.05, 0) is 29.3 Å². The molecule has 2 aromatic rings. The van der Waals surface area contributed by atoms with Gasteiger partial charge in [0.2, 0.25) is 0 Å². The molecule has 1 heterocycles. The zero-order chi connectivity index (χ0) is 16.1. The molecule has 3 rings (SSSR count). The van der Waals surface area contributed by atoms with E-state index in [0.29, 0.717) is 0 Å². The zero-order valence-electron chi connectivity index (χ0n) is 12.8. The quantitative estimate of drug-likeness (QED) is 0.773. The molecule has 0 atom stereocenters. The van der Waals surface area contributed by atoms with Gasteiger partial charge in [-0.1, -0.05) is 53.5 Å².